The second kappa shape index (κ2) is 3.86. The summed E-state index contributed by atoms with van der Waals surface area (Å²) in [7, 11) is 2.19. The van der Waals surface area contributed by atoms with E-state index < -0.39 is 0 Å². The Balaban J connectivity index is 1.98. The molecule has 0 radical (unpaired) electrons. The largest absolute Gasteiger partial charge is 0.324 e. The van der Waals surface area contributed by atoms with Crippen LogP contribution in [0.2, 0.25) is 0 Å². The van der Waals surface area contributed by atoms with Crippen molar-refractivity contribution in [2.75, 3.05) is 13.6 Å². The van der Waals surface area contributed by atoms with Crippen LogP contribution in [0.25, 0.3) is 0 Å². The van der Waals surface area contributed by atoms with E-state index in [-0.39, 0.29) is 6.04 Å². The first-order valence-electron chi connectivity index (χ1n) is 6.30. The van der Waals surface area contributed by atoms with Gasteiger partial charge in [-0.15, -0.1) is 0 Å². The van der Waals surface area contributed by atoms with E-state index in [1.165, 1.54) is 42.8 Å². The third-order valence-corrected chi connectivity index (χ3v) is 4.06. The van der Waals surface area contributed by atoms with Crippen LogP contribution in [-0.2, 0) is 6.42 Å². The predicted molar refractivity (Wildman–Crippen MR) is 63.1 cm³/mol. The molecule has 2 aliphatic rings. The van der Waals surface area contributed by atoms with Crippen molar-refractivity contribution >= 4 is 0 Å². The van der Waals surface area contributed by atoms with Crippen LogP contribution in [0.3, 0.4) is 0 Å². The second-order valence-electron chi connectivity index (χ2n) is 5.14. The Bertz CT molecular complexity index is 384. The van der Waals surface area contributed by atoms with E-state index in [1.54, 1.807) is 0 Å². The van der Waals surface area contributed by atoms with Gasteiger partial charge in [-0.25, -0.2) is 0 Å². The monoisotopic (exact) mass is 220 g/mol. The van der Waals surface area contributed by atoms with Crippen molar-refractivity contribution < 1.29 is 0 Å². The molecule has 0 spiro atoms. The number of hydrogen-bond acceptors (Lipinski definition) is 3. The molecule has 1 aliphatic heterocycles. The van der Waals surface area contributed by atoms with Crippen LogP contribution in [0.15, 0.2) is 0 Å². The van der Waals surface area contributed by atoms with Crippen molar-refractivity contribution in [3.05, 3.63) is 17.0 Å². The quantitative estimate of drug-likeness (QED) is 0.754. The van der Waals surface area contributed by atoms with Crippen LogP contribution in [0.5, 0.6) is 0 Å². The maximum Gasteiger partial charge on any atom is 0.0844 e. The molecular formula is C12H20N4. The zero-order chi connectivity index (χ0) is 11.1. The maximum atomic E-state index is 6.23. The fourth-order valence-electron chi connectivity index (χ4n) is 3.16. The van der Waals surface area contributed by atoms with E-state index in [9.17, 15) is 0 Å². The summed E-state index contributed by atoms with van der Waals surface area (Å²) in [6.07, 6.45) is 5.91. The Morgan fingerprint density at radius 1 is 1.38 bits per heavy atom. The minimum atomic E-state index is 0.200. The van der Waals surface area contributed by atoms with Crippen molar-refractivity contribution in [3.63, 3.8) is 0 Å². The molecule has 1 aliphatic carbocycles. The molecule has 4 heteroatoms. The van der Waals surface area contributed by atoms with Gasteiger partial charge in [0.1, 0.15) is 0 Å². The van der Waals surface area contributed by atoms with Gasteiger partial charge < -0.3 is 5.73 Å². The van der Waals surface area contributed by atoms with Gasteiger partial charge in [0.2, 0.25) is 0 Å². The Hall–Kier alpha value is -0.870. The first-order valence-corrected chi connectivity index (χ1v) is 6.30. The van der Waals surface area contributed by atoms with Gasteiger partial charge in [0.15, 0.2) is 0 Å². The number of hydrogen-bond donors (Lipinski definition) is 2. The van der Waals surface area contributed by atoms with E-state index in [1.807, 2.05) is 0 Å². The Labute approximate surface area is 96.2 Å². The standard InChI is InChI=1S/C12H20N4/c1-16-7-3-6-10(16)12-11-8(13)4-2-5-9(11)14-15-12/h8,10H,2-7,13H2,1H3,(H,14,15)/t8-,10+/m1/s1. The SMILES string of the molecule is CN1CCC[C@H]1c1n[nH]c2c1[C@H](N)CCC2. The van der Waals surface area contributed by atoms with Crippen LogP contribution >= 0.6 is 0 Å². The molecule has 1 aromatic heterocycles. The van der Waals surface area contributed by atoms with Gasteiger partial charge in [-0.1, -0.05) is 0 Å². The summed E-state index contributed by atoms with van der Waals surface area (Å²) in [6, 6.07) is 0.690. The molecule has 1 saturated heterocycles. The van der Waals surface area contributed by atoms with Crippen LogP contribution < -0.4 is 5.73 Å². The van der Waals surface area contributed by atoms with Crippen LogP contribution in [0, 0.1) is 0 Å². The molecule has 1 fully saturated rings. The molecule has 16 heavy (non-hydrogen) atoms. The van der Waals surface area contributed by atoms with Gasteiger partial charge in [0.25, 0.3) is 0 Å². The lowest BCUT2D eigenvalue weighted by atomic mass is 9.89. The molecule has 2 heterocycles. The highest BCUT2D eigenvalue weighted by molar-refractivity contribution is 5.33. The highest BCUT2D eigenvalue weighted by Gasteiger charge is 2.31. The van der Waals surface area contributed by atoms with Crippen LogP contribution in [-0.4, -0.2) is 28.7 Å². The second-order valence-corrected chi connectivity index (χ2v) is 5.14. The number of nitrogens with two attached hydrogens (primary N) is 1. The highest BCUT2D eigenvalue weighted by atomic mass is 15.2. The van der Waals surface area contributed by atoms with Crippen molar-refractivity contribution in [2.45, 2.75) is 44.2 Å². The topological polar surface area (TPSA) is 57.9 Å². The lowest BCUT2D eigenvalue weighted by Gasteiger charge is -2.23. The van der Waals surface area contributed by atoms with Crippen LogP contribution in [0.4, 0.5) is 0 Å². The molecule has 88 valence electrons. The first-order chi connectivity index (χ1) is 7.77. The van der Waals surface area contributed by atoms with Gasteiger partial charge in [-0.05, 0) is 45.7 Å². The maximum absolute atomic E-state index is 6.23. The molecule has 0 saturated carbocycles. The van der Waals surface area contributed by atoms with E-state index in [0.717, 1.165) is 12.8 Å². The Morgan fingerprint density at radius 3 is 3.00 bits per heavy atom. The van der Waals surface area contributed by atoms with Gasteiger partial charge in [0.05, 0.1) is 11.7 Å². The molecule has 0 unspecified atom stereocenters. The van der Waals surface area contributed by atoms with Crippen molar-refractivity contribution in [2.24, 2.45) is 5.73 Å². The van der Waals surface area contributed by atoms with Gasteiger partial charge >= 0.3 is 0 Å². The molecule has 1 aromatic rings. The number of aryl methyl sites for hydroxylation is 1. The summed E-state index contributed by atoms with van der Waals surface area (Å²) in [4.78, 5) is 2.40. The number of nitrogens with one attached hydrogen (secondary N) is 1. The van der Waals surface area contributed by atoms with Gasteiger partial charge in [-0.2, -0.15) is 5.10 Å². The third-order valence-electron chi connectivity index (χ3n) is 4.06. The number of nitrogens with zero attached hydrogens (tertiary/aromatic N) is 2. The highest BCUT2D eigenvalue weighted by Crippen LogP contribution is 2.37. The summed E-state index contributed by atoms with van der Waals surface area (Å²) < 4.78 is 0. The number of aromatic nitrogens is 2. The lowest BCUT2D eigenvalue weighted by molar-refractivity contribution is 0.309. The zero-order valence-corrected chi connectivity index (χ0v) is 9.87. The van der Waals surface area contributed by atoms with Crippen molar-refractivity contribution in [3.8, 4) is 0 Å². The minimum Gasteiger partial charge on any atom is -0.324 e. The van der Waals surface area contributed by atoms with Crippen molar-refractivity contribution in [1.82, 2.24) is 15.1 Å². The first kappa shape index (κ1) is 10.3. The smallest absolute Gasteiger partial charge is 0.0844 e. The molecule has 4 nitrogen and oxygen atoms in total. The minimum absolute atomic E-state index is 0.200. The molecule has 2 atom stereocenters. The predicted octanol–water partition coefficient (Wildman–Crippen LogP) is 1.51. The van der Waals surface area contributed by atoms with E-state index in [2.05, 4.69) is 22.1 Å². The number of fused-ring (bicyclic) bond motifs is 1. The zero-order valence-electron chi connectivity index (χ0n) is 9.87. The van der Waals surface area contributed by atoms with Gasteiger partial charge in [-0.3, -0.25) is 10.00 Å². The molecule has 0 aromatic carbocycles. The van der Waals surface area contributed by atoms with E-state index >= 15 is 0 Å². The summed E-state index contributed by atoms with van der Waals surface area (Å²) >= 11 is 0. The molecule has 3 N–H and O–H groups in total. The summed E-state index contributed by atoms with van der Waals surface area (Å²) in [6.45, 7) is 1.18. The molecule has 0 bridgehead atoms. The Kier molecular flexibility index (Phi) is 2.48. The summed E-state index contributed by atoms with van der Waals surface area (Å²) in [5.74, 6) is 0. The number of H-pyrrole nitrogens is 1. The molecular weight excluding hydrogens is 200 g/mol. The summed E-state index contributed by atoms with van der Waals surface area (Å²) in [5.41, 5.74) is 10.1. The fraction of sp³-hybridized carbons (Fsp3) is 0.750. The molecule has 0 amide bonds. The Morgan fingerprint density at radius 2 is 2.25 bits per heavy atom. The van der Waals surface area contributed by atoms with Gasteiger partial charge in [0, 0.05) is 17.3 Å². The third kappa shape index (κ3) is 1.48. The fourth-order valence-corrected chi connectivity index (χ4v) is 3.16. The normalized spacial score (nSPS) is 30.6. The number of rotatable bonds is 1. The lowest BCUT2D eigenvalue weighted by Crippen LogP contribution is -2.23. The van der Waals surface area contributed by atoms with Crippen molar-refractivity contribution in [1.29, 1.82) is 0 Å². The van der Waals surface area contributed by atoms with Crippen LogP contribution in [0.1, 0.15) is 54.7 Å². The summed E-state index contributed by atoms with van der Waals surface area (Å²) in [5, 5.41) is 7.73. The van der Waals surface area contributed by atoms with E-state index in [0.29, 0.717) is 6.04 Å². The average molecular weight is 220 g/mol. The average Bonchev–Trinajstić information content (AvgIpc) is 2.84. The number of likely N-dealkylation sites (tertiary alicyclic amines) is 1. The number of aromatic amines is 1. The molecule has 3 rings (SSSR count). The van der Waals surface area contributed by atoms with E-state index in [4.69, 9.17) is 5.73 Å².